The van der Waals surface area contributed by atoms with Crippen LogP contribution in [0.1, 0.15) is 9.80 Å². The maximum Gasteiger partial charge on any atom is 0.285 e. The third kappa shape index (κ3) is 2.52. The van der Waals surface area contributed by atoms with E-state index in [9.17, 15) is 4.79 Å². The van der Waals surface area contributed by atoms with Gasteiger partial charge in [-0.3, -0.25) is 4.79 Å². The monoisotopic (exact) mass is 291 g/mol. The van der Waals surface area contributed by atoms with Crippen LogP contribution in [0.3, 0.4) is 0 Å². The normalized spacial score (nSPS) is 15.4. The van der Waals surface area contributed by atoms with Gasteiger partial charge in [0, 0.05) is 38.6 Å². The molecule has 20 heavy (non-hydrogen) atoms. The standard InChI is InChI=1S/C11H13N7OS/c12-10-16-15-8(20-10)9(19)17-4-6-18(7-5-17)11-13-2-1-3-14-11/h1-3H,4-7H2,(H2,12,16). The Hall–Kier alpha value is -2.29. The topological polar surface area (TPSA) is 101 Å². The molecule has 0 unspecified atom stereocenters. The molecule has 1 fully saturated rings. The first-order valence-corrected chi connectivity index (χ1v) is 6.96. The van der Waals surface area contributed by atoms with Gasteiger partial charge in [0.15, 0.2) is 0 Å². The summed E-state index contributed by atoms with van der Waals surface area (Å²) in [6, 6.07) is 1.78. The van der Waals surface area contributed by atoms with E-state index >= 15 is 0 Å². The molecule has 1 aliphatic heterocycles. The van der Waals surface area contributed by atoms with E-state index in [4.69, 9.17) is 5.73 Å². The highest BCUT2D eigenvalue weighted by molar-refractivity contribution is 7.16. The molecule has 104 valence electrons. The molecule has 8 nitrogen and oxygen atoms in total. The Morgan fingerprint density at radius 2 is 1.85 bits per heavy atom. The highest BCUT2D eigenvalue weighted by Crippen LogP contribution is 2.16. The summed E-state index contributed by atoms with van der Waals surface area (Å²) in [7, 11) is 0. The number of rotatable bonds is 2. The third-order valence-corrected chi connectivity index (χ3v) is 3.77. The van der Waals surface area contributed by atoms with Gasteiger partial charge >= 0.3 is 0 Å². The zero-order valence-corrected chi connectivity index (χ0v) is 11.5. The molecule has 2 aromatic heterocycles. The second-order valence-electron chi connectivity index (χ2n) is 4.27. The number of aromatic nitrogens is 4. The Morgan fingerprint density at radius 1 is 1.15 bits per heavy atom. The molecule has 1 amide bonds. The third-order valence-electron chi connectivity index (χ3n) is 3.03. The minimum Gasteiger partial charge on any atom is -0.374 e. The number of nitrogens with two attached hydrogens (primary N) is 1. The van der Waals surface area contributed by atoms with Crippen molar-refractivity contribution in [3.63, 3.8) is 0 Å². The molecule has 0 aromatic carbocycles. The van der Waals surface area contributed by atoms with Crippen LogP contribution >= 0.6 is 11.3 Å². The zero-order chi connectivity index (χ0) is 13.9. The number of nitrogen functional groups attached to an aromatic ring is 1. The zero-order valence-electron chi connectivity index (χ0n) is 10.6. The molecule has 1 aliphatic rings. The van der Waals surface area contributed by atoms with Crippen molar-refractivity contribution in [3.8, 4) is 0 Å². The van der Waals surface area contributed by atoms with E-state index in [1.165, 1.54) is 0 Å². The van der Waals surface area contributed by atoms with Gasteiger partial charge < -0.3 is 15.5 Å². The van der Waals surface area contributed by atoms with Gasteiger partial charge in [-0.2, -0.15) is 0 Å². The Bertz CT molecular complexity index is 594. The van der Waals surface area contributed by atoms with Crippen molar-refractivity contribution in [1.29, 1.82) is 0 Å². The molecule has 9 heteroatoms. The molecule has 0 bridgehead atoms. The maximum atomic E-state index is 12.2. The van der Waals surface area contributed by atoms with Crippen molar-refractivity contribution in [1.82, 2.24) is 25.1 Å². The van der Waals surface area contributed by atoms with E-state index in [0.29, 0.717) is 42.3 Å². The summed E-state index contributed by atoms with van der Waals surface area (Å²) in [4.78, 5) is 24.4. The number of carbonyl (C=O) groups is 1. The lowest BCUT2D eigenvalue weighted by molar-refractivity contribution is 0.0745. The molecule has 3 rings (SSSR count). The van der Waals surface area contributed by atoms with Crippen molar-refractivity contribution in [2.75, 3.05) is 36.8 Å². The van der Waals surface area contributed by atoms with Crippen LogP contribution in [0.4, 0.5) is 11.1 Å². The molecule has 0 radical (unpaired) electrons. The van der Waals surface area contributed by atoms with Crippen LogP contribution in [0.5, 0.6) is 0 Å². The van der Waals surface area contributed by atoms with Crippen molar-refractivity contribution >= 4 is 28.3 Å². The summed E-state index contributed by atoms with van der Waals surface area (Å²) < 4.78 is 0. The van der Waals surface area contributed by atoms with E-state index in [1.54, 1.807) is 23.4 Å². The van der Waals surface area contributed by atoms with Crippen LogP contribution in [0.2, 0.25) is 0 Å². The Balaban J connectivity index is 1.63. The predicted molar refractivity (Wildman–Crippen MR) is 74.5 cm³/mol. The summed E-state index contributed by atoms with van der Waals surface area (Å²) in [5, 5.41) is 8.10. The van der Waals surface area contributed by atoms with Gasteiger partial charge in [-0.05, 0) is 6.07 Å². The van der Waals surface area contributed by atoms with Gasteiger partial charge in [-0.25, -0.2) is 9.97 Å². The SMILES string of the molecule is Nc1nnc(C(=O)N2CCN(c3ncccn3)CC2)s1. The smallest absolute Gasteiger partial charge is 0.285 e. The number of piperazine rings is 1. The van der Waals surface area contributed by atoms with Crippen LogP contribution in [0.25, 0.3) is 0 Å². The summed E-state index contributed by atoms with van der Waals surface area (Å²) in [6.45, 7) is 2.61. The van der Waals surface area contributed by atoms with Crippen molar-refractivity contribution in [3.05, 3.63) is 23.5 Å². The van der Waals surface area contributed by atoms with Crippen molar-refractivity contribution in [2.24, 2.45) is 0 Å². The molecule has 0 aliphatic carbocycles. The average molecular weight is 291 g/mol. The summed E-state index contributed by atoms with van der Waals surface area (Å²) in [5.41, 5.74) is 5.49. The van der Waals surface area contributed by atoms with Gasteiger partial charge in [0.2, 0.25) is 16.1 Å². The molecule has 0 spiro atoms. The van der Waals surface area contributed by atoms with Crippen LogP contribution in [0, 0.1) is 0 Å². The first kappa shape index (κ1) is 12.7. The predicted octanol–water partition coefficient (Wildman–Crippen LogP) is -0.127. The number of carbonyl (C=O) groups excluding carboxylic acids is 1. The molecular weight excluding hydrogens is 278 g/mol. The number of nitrogens with zero attached hydrogens (tertiary/aromatic N) is 6. The van der Waals surface area contributed by atoms with Crippen LogP contribution < -0.4 is 10.6 Å². The second kappa shape index (κ2) is 5.37. The fourth-order valence-corrected chi connectivity index (χ4v) is 2.60. The quantitative estimate of drug-likeness (QED) is 0.822. The highest BCUT2D eigenvalue weighted by Gasteiger charge is 2.25. The lowest BCUT2D eigenvalue weighted by Gasteiger charge is -2.34. The first-order chi connectivity index (χ1) is 9.74. The molecule has 2 N–H and O–H groups in total. The fraction of sp³-hybridized carbons (Fsp3) is 0.364. The Labute approximate surface area is 119 Å². The van der Waals surface area contributed by atoms with Crippen molar-refractivity contribution in [2.45, 2.75) is 0 Å². The van der Waals surface area contributed by atoms with Crippen LogP contribution in [-0.4, -0.2) is 57.2 Å². The number of amides is 1. The average Bonchev–Trinajstić information content (AvgIpc) is 2.94. The number of hydrogen-bond donors (Lipinski definition) is 1. The van der Waals surface area contributed by atoms with E-state index < -0.39 is 0 Å². The second-order valence-corrected chi connectivity index (χ2v) is 5.28. The Morgan fingerprint density at radius 3 is 2.45 bits per heavy atom. The van der Waals surface area contributed by atoms with E-state index in [1.807, 2.05) is 0 Å². The summed E-state index contributed by atoms with van der Waals surface area (Å²) in [6.07, 6.45) is 3.42. The maximum absolute atomic E-state index is 12.2. The molecule has 3 heterocycles. The molecule has 2 aromatic rings. The van der Waals surface area contributed by atoms with Gasteiger partial charge in [0.25, 0.3) is 5.91 Å². The molecule has 0 atom stereocenters. The number of anilines is 2. The fourth-order valence-electron chi connectivity index (χ4n) is 2.02. The summed E-state index contributed by atoms with van der Waals surface area (Å²) >= 11 is 1.11. The first-order valence-electron chi connectivity index (χ1n) is 6.14. The van der Waals surface area contributed by atoms with Gasteiger partial charge in [-0.1, -0.05) is 11.3 Å². The Kier molecular flexibility index (Phi) is 3.42. The van der Waals surface area contributed by atoms with Crippen molar-refractivity contribution < 1.29 is 4.79 Å². The van der Waals surface area contributed by atoms with E-state index in [-0.39, 0.29) is 5.91 Å². The minimum atomic E-state index is -0.118. The molecule has 0 saturated carbocycles. The molecule has 1 saturated heterocycles. The van der Waals surface area contributed by atoms with Gasteiger partial charge in [-0.15, -0.1) is 10.2 Å². The van der Waals surface area contributed by atoms with E-state index in [0.717, 1.165) is 11.3 Å². The minimum absolute atomic E-state index is 0.118. The van der Waals surface area contributed by atoms with Gasteiger partial charge in [0.05, 0.1) is 0 Å². The van der Waals surface area contributed by atoms with E-state index in [2.05, 4.69) is 25.1 Å². The number of hydrogen-bond acceptors (Lipinski definition) is 8. The lowest BCUT2D eigenvalue weighted by atomic mass is 10.3. The summed E-state index contributed by atoms with van der Waals surface area (Å²) in [5.74, 6) is 0.576. The van der Waals surface area contributed by atoms with Gasteiger partial charge in [0.1, 0.15) is 0 Å². The largest absolute Gasteiger partial charge is 0.374 e. The highest BCUT2D eigenvalue weighted by atomic mass is 32.1. The van der Waals surface area contributed by atoms with Crippen LogP contribution in [0.15, 0.2) is 18.5 Å². The molecular formula is C11H13N7OS. The lowest BCUT2D eigenvalue weighted by Crippen LogP contribution is -2.49. The van der Waals surface area contributed by atoms with Crippen LogP contribution in [-0.2, 0) is 0 Å².